The maximum atomic E-state index is 15.5. The number of fused-ring (bicyclic) bond motifs is 4. The van der Waals surface area contributed by atoms with Crippen LogP contribution in [0.5, 0.6) is 0 Å². The molecule has 13 nitrogen and oxygen atoms in total. The van der Waals surface area contributed by atoms with E-state index < -0.39 is 75.3 Å². The first-order valence-corrected chi connectivity index (χ1v) is 23.7. The van der Waals surface area contributed by atoms with E-state index >= 15 is 4.79 Å². The highest BCUT2D eigenvalue weighted by molar-refractivity contribution is 5.92. The number of esters is 2. The first-order valence-electron chi connectivity index (χ1n) is 23.7. The minimum Gasteiger partial charge on any atom is -0.469 e. The number of carbonyl (C=O) groups is 3. The van der Waals surface area contributed by atoms with Crippen LogP contribution in [0.1, 0.15) is 103 Å². The number of rotatable bonds is 6. The predicted octanol–water partition coefficient (Wildman–Crippen LogP) is 3.76. The smallest absolute Gasteiger partial charge is 0.339 e. The Hall–Kier alpha value is -3.25. The van der Waals surface area contributed by atoms with Crippen molar-refractivity contribution < 1.29 is 53.1 Å². The van der Waals surface area contributed by atoms with E-state index in [1.807, 2.05) is 19.9 Å². The third-order valence-corrected chi connectivity index (χ3v) is 19.7. The Morgan fingerprint density at radius 3 is 2.74 bits per heavy atom. The van der Waals surface area contributed by atoms with Crippen LogP contribution in [-0.4, -0.2) is 106 Å². The van der Waals surface area contributed by atoms with Crippen LogP contribution in [0.4, 0.5) is 0 Å². The first-order chi connectivity index (χ1) is 29.8. The molecule has 3 spiro atoms. The van der Waals surface area contributed by atoms with Crippen molar-refractivity contribution in [3.8, 4) is 11.8 Å². The molecule has 9 fully saturated rings. The SMILES string of the molecule is CC1(C)OC2CC(=O)OCC23C1C(=O)C(O)C12C4CCCCC4C#CCC4(c5ccoc5CC(C(O)CO)C5CCC6C(C=CN7CNCC67)C5)OC(=O)C5OC51C4(C)CCC32. The molecule has 18 unspecified atom stereocenters. The lowest BCUT2D eigenvalue weighted by atomic mass is 9.31. The maximum Gasteiger partial charge on any atom is 0.339 e. The summed E-state index contributed by atoms with van der Waals surface area (Å²) in [7, 11) is 0. The summed E-state index contributed by atoms with van der Waals surface area (Å²) in [6.07, 6.45) is 9.79. The third kappa shape index (κ3) is 4.75. The van der Waals surface area contributed by atoms with Gasteiger partial charge in [-0.2, -0.15) is 0 Å². The van der Waals surface area contributed by atoms with Gasteiger partial charge in [-0.25, -0.2) is 4.79 Å². The molecule has 4 saturated carbocycles. The Kier molecular flexibility index (Phi) is 8.71. The van der Waals surface area contributed by atoms with Gasteiger partial charge in [0.25, 0.3) is 0 Å². The van der Waals surface area contributed by atoms with Crippen molar-refractivity contribution in [1.82, 2.24) is 10.2 Å². The molecule has 6 aliphatic heterocycles. The lowest BCUT2D eigenvalue weighted by Crippen LogP contribution is -2.81. The Bertz CT molecular complexity index is 2180. The summed E-state index contributed by atoms with van der Waals surface area (Å²) in [5.74, 6) is 5.68. The van der Waals surface area contributed by atoms with Crippen molar-refractivity contribution in [2.45, 2.75) is 145 Å². The average molecular weight is 855 g/mol. The summed E-state index contributed by atoms with van der Waals surface area (Å²) in [5.41, 5.74) is -6.28. The van der Waals surface area contributed by atoms with E-state index in [1.165, 1.54) is 0 Å². The zero-order chi connectivity index (χ0) is 42.8. The van der Waals surface area contributed by atoms with E-state index in [9.17, 15) is 24.9 Å². The Morgan fingerprint density at radius 1 is 1.06 bits per heavy atom. The number of epoxide rings is 1. The van der Waals surface area contributed by atoms with Gasteiger partial charge in [-0.1, -0.05) is 37.7 Å². The standard InChI is InChI=1S/C49H62N2O11/c1-44(2)40-39(55)41(56)48-31-9-5-4-7-26(31)8-6-15-47(45(3,49(48)42(61-49)43(57)62-47)16-12-36(48)46(40)24-59-38(54)21-37(46)60-44)32-14-18-58-35(32)20-30(34(53)23-52)27-10-11-29-28(19-27)13-17-51-25-50-22-33(29)51/h13-14,17-18,26-31,33-34,36-37,40-42,50,52-53,56H,4-5,7,9-12,15-16,19-25H2,1-3H3. The molecule has 1 aromatic rings. The van der Waals surface area contributed by atoms with Gasteiger partial charge >= 0.3 is 11.9 Å². The molecule has 62 heavy (non-hydrogen) atoms. The quantitative estimate of drug-likeness (QED) is 0.185. The number of Topliss-reactive ketones (excluding diaryl/α,β-unsaturated/α-hetero) is 1. The number of nitrogens with zero attached hydrogens (tertiary/aromatic N) is 1. The van der Waals surface area contributed by atoms with Crippen molar-refractivity contribution in [1.29, 1.82) is 0 Å². The summed E-state index contributed by atoms with van der Waals surface area (Å²) >= 11 is 0. The maximum absolute atomic E-state index is 15.5. The largest absolute Gasteiger partial charge is 0.469 e. The summed E-state index contributed by atoms with van der Waals surface area (Å²) in [5, 5.41) is 39.1. The number of ether oxygens (including phenoxy) is 4. The molecule has 0 aromatic carbocycles. The molecule has 1 aromatic heterocycles. The number of aliphatic hydroxyl groups is 3. The fourth-order valence-electron chi connectivity index (χ4n) is 17.5. The third-order valence-electron chi connectivity index (χ3n) is 19.7. The van der Waals surface area contributed by atoms with Gasteiger partial charge in [-0.15, -0.1) is 0 Å². The molecule has 5 aliphatic carbocycles. The second-order valence-corrected chi connectivity index (χ2v) is 22.1. The van der Waals surface area contributed by atoms with Crippen molar-refractivity contribution >= 4 is 17.7 Å². The van der Waals surface area contributed by atoms with Gasteiger partial charge < -0.3 is 43.6 Å². The number of hydrogen-bond acceptors (Lipinski definition) is 13. The van der Waals surface area contributed by atoms with Crippen LogP contribution in [0.25, 0.3) is 0 Å². The van der Waals surface area contributed by atoms with Crippen LogP contribution in [0.15, 0.2) is 29.0 Å². The molecule has 12 rings (SSSR count). The van der Waals surface area contributed by atoms with Crippen LogP contribution >= 0.6 is 0 Å². The first kappa shape index (κ1) is 40.3. The van der Waals surface area contributed by atoms with E-state index in [4.69, 9.17) is 23.4 Å². The average Bonchev–Trinajstić information content (AvgIpc) is 3.49. The number of cyclic esters (lactones) is 1. The number of aliphatic hydroxyl groups excluding tert-OH is 3. The number of nitrogens with one attached hydrogen (secondary N) is 1. The summed E-state index contributed by atoms with van der Waals surface area (Å²) in [6.45, 7) is 7.37. The van der Waals surface area contributed by atoms with Gasteiger partial charge in [0, 0.05) is 46.7 Å². The summed E-state index contributed by atoms with van der Waals surface area (Å²) < 4.78 is 33.3. The molecular formula is C49H62N2O11. The van der Waals surface area contributed by atoms with Crippen molar-refractivity contribution in [2.75, 3.05) is 26.4 Å². The lowest BCUT2D eigenvalue weighted by Gasteiger charge is -2.71. The van der Waals surface area contributed by atoms with Crippen LogP contribution in [0.3, 0.4) is 0 Å². The van der Waals surface area contributed by atoms with Crippen LogP contribution in [0, 0.1) is 75.4 Å². The molecule has 334 valence electrons. The van der Waals surface area contributed by atoms with Gasteiger partial charge in [-0.3, -0.25) is 14.9 Å². The molecule has 4 bridgehead atoms. The van der Waals surface area contributed by atoms with Crippen molar-refractivity contribution in [3.05, 3.63) is 35.9 Å². The second kappa shape index (κ2) is 13.4. The number of ketones is 1. The van der Waals surface area contributed by atoms with Crippen LogP contribution in [-0.2, 0) is 45.4 Å². The minimum absolute atomic E-state index is 0.000399. The second-order valence-electron chi connectivity index (χ2n) is 22.1. The number of hydrogen-bond donors (Lipinski definition) is 4. The molecule has 18 atom stereocenters. The zero-order valence-corrected chi connectivity index (χ0v) is 36.2. The normalized spacial score (nSPS) is 49.9. The van der Waals surface area contributed by atoms with Gasteiger partial charge in [0.15, 0.2) is 17.5 Å². The number of allylic oxidation sites excluding steroid dienone is 1. The molecular weight excluding hydrogens is 793 g/mol. The summed E-state index contributed by atoms with van der Waals surface area (Å²) in [6, 6.07) is 2.36. The molecule has 13 heteroatoms. The molecule has 7 heterocycles. The summed E-state index contributed by atoms with van der Waals surface area (Å²) in [4.78, 5) is 45.9. The monoisotopic (exact) mass is 854 g/mol. The van der Waals surface area contributed by atoms with Gasteiger partial charge in [0.05, 0.1) is 56.1 Å². The lowest BCUT2D eigenvalue weighted by molar-refractivity contribution is -0.294. The molecule has 11 aliphatic rings. The number of carbonyl (C=O) groups excluding carboxylic acids is 3. The molecule has 0 amide bonds. The molecule has 4 N–H and O–H groups in total. The fraction of sp³-hybridized carbons (Fsp3) is 0.776. The minimum atomic E-state index is -1.50. The van der Waals surface area contributed by atoms with Crippen molar-refractivity contribution in [3.63, 3.8) is 0 Å². The highest BCUT2D eigenvalue weighted by Gasteiger charge is 2.95. The van der Waals surface area contributed by atoms with E-state index in [1.54, 1.807) is 6.26 Å². The van der Waals surface area contributed by atoms with Gasteiger partial charge in [0.1, 0.15) is 24.1 Å². The van der Waals surface area contributed by atoms with Crippen LogP contribution in [0.2, 0.25) is 0 Å². The highest BCUT2D eigenvalue weighted by Crippen LogP contribution is 2.84. The number of furan rings is 1. The molecule has 0 radical (unpaired) electrons. The Labute approximate surface area is 363 Å². The van der Waals surface area contributed by atoms with Gasteiger partial charge in [0.2, 0.25) is 0 Å². The van der Waals surface area contributed by atoms with E-state index in [0.717, 1.165) is 51.7 Å². The van der Waals surface area contributed by atoms with E-state index in [-0.39, 0.29) is 61.5 Å². The van der Waals surface area contributed by atoms with E-state index in [2.05, 4.69) is 41.3 Å². The Balaban J connectivity index is 0.997. The van der Waals surface area contributed by atoms with Crippen molar-refractivity contribution in [2.24, 2.45) is 63.6 Å². The van der Waals surface area contributed by atoms with Gasteiger partial charge in [-0.05, 0) is 107 Å². The highest BCUT2D eigenvalue weighted by atomic mass is 16.7. The van der Waals surface area contributed by atoms with Crippen LogP contribution < -0.4 is 5.32 Å². The zero-order valence-electron chi connectivity index (χ0n) is 36.2. The Morgan fingerprint density at radius 2 is 1.90 bits per heavy atom. The molecule has 5 saturated heterocycles. The topological polar surface area (TPSA) is 181 Å². The van der Waals surface area contributed by atoms with E-state index in [0.29, 0.717) is 54.9 Å². The fourth-order valence-corrected chi connectivity index (χ4v) is 17.5. The predicted molar refractivity (Wildman–Crippen MR) is 219 cm³/mol.